The van der Waals surface area contributed by atoms with Crippen molar-refractivity contribution in [2.75, 3.05) is 26.3 Å². The number of rotatable bonds is 4. The van der Waals surface area contributed by atoms with Crippen molar-refractivity contribution >= 4 is 5.91 Å². The molecule has 1 atom stereocenters. The van der Waals surface area contributed by atoms with Crippen LogP contribution in [0.2, 0.25) is 0 Å². The Labute approximate surface area is 151 Å². The lowest BCUT2D eigenvalue weighted by Crippen LogP contribution is -2.66. The minimum Gasteiger partial charge on any atom is -0.475 e. The van der Waals surface area contributed by atoms with Crippen molar-refractivity contribution in [2.24, 2.45) is 5.92 Å². The van der Waals surface area contributed by atoms with E-state index in [1.165, 1.54) is 18.3 Å². The summed E-state index contributed by atoms with van der Waals surface area (Å²) in [5, 5.41) is 0. The van der Waals surface area contributed by atoms with Gasteiger partial charge >= 0.3 is 0 Å². The molecule has 0 N–H and O–H groups in total. The molecule has 6 heteroatoms. The van der Waals surface area contributed by atoms with E-state index in [1.807, 2.05) is 36.1 Å². The largest absolute Gasteiger partial charge is 0.475 e. The fourth-order valence-corrected chi connectivity index (χ4v) is 3.75. The minimum atomic E-state index is -0.467. The Hall–Kier alpha value is -2.47. The van der Waals surface area contributed by atoms with Gasteiger partial charge in [-0.05, 0) is 37.1 Å². The summed E-state index contributed by atoms with van der Waals surface area (Å²) in [5.41, 5.74) is 1.31. The highest BCUT2D eigenvalue weighted by atomic mass is 19.1. The van der Waals surface area contributed by atoms with Crippen molar-refractivity contribution in [1.82, 2.24) is 9.88 Å². The maximum absolute atomic E-state index is 13.7. The number of benzene rings is 1. The second-order valence-electron chi connectivity index (χ2n) is 6.98. The molecule has 26 heavy (non-hydrogen) atoms. The molecule has 136 valence electrons. The van der Waals surface area contributed by atoms with Gasteiger partial charge in [-0.15, -0.1) is 0 Å². The van der Waals surface area contributed by atoms with Gasteiger partial charge in [-0.2, -0.15) is 0 Å². The van der Waals surface area contributed by atoms with E-state index in [0.717, 1.165) is 17.5 Å². The average molecular weight is 356 g/mol. The molecule has 0 saturated carbocycles. The molecule has 5 nitrogen and oxygen atoms in total. The van der Waals surface area contributed by atoms with Gasteiger partial charge in [-0.3, -0.25) is 4.79 Å². The van der Waals surface area contributed by atoms with E-state index in [0.29, 0.717) is 26.3 Å². The predicted molar refractivity (Wildman–Crippen MR) is 93.6 cm³/mol. The van der Waals surface area contributed by atoms with Gasteiger partial charge in [0.25, 0.3) is 5.91 Å². The Bertz CT molecular complexity index is 820. The van der Waals surface area contributed by atoms with Crippen LogP contribution in [-0.4, -0.2) is 47.7 Å². The zero-order chi connectivity index (χ0) is 18.1. The smallest absolute Gasteiger partial charge is 0.254 e. The number of nitrogens with zero attached hydrogens (tertiary/aromatic N) is 2. The first-order valence-corrected chi connectivity index (χ1v) is 8.81. The number of likely N-dealkylation sites (tertiary alicyclic amines) is 1. The van der Waals surface area contributed by atoms with Crippen LogP contribution < -0.4 is 4.74 Å². The third-order valence-corrected chi connectivity index (χ3v) is 5.33. The molecule has 2 saturated heterocycles. The molecule has 1 spiro atoms. The van der Waals surface area contributed by atoms with Gasteiger partial charge in [0.15, 0.2) is 5.82 Å². The highest BCUT2D eigenvalue weighted by Crippen LogP contribution is 2.40. The zero-order valence-corrected chi connectivity index (χ0v) is 14.7. The summed E-state index contributed by atoms with van der Waals surface area (Å²) in [4.78, 5) is 18.4. The Morgan fingerprint density at radius 3 is 2.92 bits per heavy atom. The van der Waals surface area contributed by atoms with E-state index >= 15 is 0 Å². The van der Waals surface area contributed by atoms with Crippen LogP contribution in [0, 0.1) is 18.7 Å². The third kappa shape index (κ3) is 2.94. The summed E-state index contributed by atoms with van der Waals surface area (Å²) >= 11 is 0. The molecule has 2 fully saturated rings. The molecule has 3 heterocycles. The third-order valence-electron chi connectivity index (χ3n) is 5.33. The second kappa shape index (κ2) is 6.68. The molecular weight excluding hydrogens is 335 g/mol. The van der Waals surface area contributed by atoms with Gasteiger partial charge < -0.3 is 14.4 Å². The molecule has 0 bridgehead atoms. The van der Waals surface area contributed by atoms with E-state index in [2.05, 4.69) is 4.98 Å². The number of hydrogen-bond acceptors (Lipinski definition) is 4. The highest BCUT2D eigenvalue weighted by Gasteiger charge is 2.54. The van der Waals surface area contributed by atoms with Crippen LogP contribution in [0.4, 0.5) is 4.39 Å². The van der Waals surface area contributed by atoms with Gasteiger partial charge in [0.05, 0.1) is 19.7 Å². The molecule has 2 aliphatic heterocycles. The first-order chi connectivity index (χ1) is 12.6. The molecule has 0 radical (unpaired) electrons. The van der Waals surface area contributed by atoms with Crippen molar-refractivity contribution in [1.29, 1.82) is 0 Å². The second-order valence-corrected chi connectivity index (χ2v) is 6.98. The summed E-state index contributed by atoms with van der Waals surface area (Å²) in [6, 6.07) is 10.4. The number of ether oxygens (including phenoxy) is 2. The van der Waals surface area contributed by atoms with Crippen LogP contribution >= 0.6 is 0 Å². The number of carbonyl (C=O) groups is 1. The number of halogens is 1. The quantitative estimate of drug-likeness (QED) is 0.845. The van der Waals surface area contributed by atoms with E-state index in [4.69, 9.17) is 9.47 Å². The summed E-state index contributed by atoms with van der Waals surface area (Å²) in [6.07, 6.45) is 2.34. The Morgan fingerprint density at radius 2 is 2.15 bits per heavy atom. The van der Waals surface area contributed by atoms with E-state index < -0.39 is 5.82 Å². The molecular formula is C20H21FN2O3. The van der Waals surface area contributed by atoms with Gasteiger partial charge in [0.1, 0.15) is 5.60 Å². The molecule has 2 aromatic rings. The van der Waals surface area contributed by atoms with Crippen molar-refractivity contribution in [3.05, 3.63) is 59.5 Å². The number of pyridine rings is 1. The van der Waals surface area contributed by atoms with Crippen LogP contribution in [0.5, 0.6) is 5.88 Å². The monoisotopic (exact) mass is 356 g/mol. The lowest BCUT2D eigenvalue weighted by atomic mass is 9.81. The fraction of sp³-hybridized carbons (Fsp3) is 0.400. The number of carbonyl (C=O) groups excluding carboxylic acids is 1. The predicted octanol–water partition coefficient (Wildman–Crippen LogP) is 2.84. The van der Waals surface area contributed by atoms with Crippen LogP contribution in [0.25, 0.3) is 0 Å². The first kappa shape index (κ1) is 17.0. The van der Waals surface area contributed by atoms with Crippen molar-refractivity contribution < 1.29 is 18.7 Å². The van der Waals surface area contributed by atoms with E-state index in [9.17, 15) is 9.18 Å². The Balaban J connectivity index is 1.40. The Morgan fingerprint density at radius 1 is 1.35 bits per heavy atom. The van der Waals surface area contributed by atoms with Crippen LogP contribution in [0.3, 0.4) is 0 Å². The number of aromatic nitrogens is 1. The minimum absolute atomic E-state index is 0.0155. The summed E-state index contributed by atoms with van der Waals surface area (Å²) in [6.45, 7) is 3.98. The Kier molecular flexibility index (Phi) is 4.36. The van der Waals surface area contributed by atoms with Gasteiger partial charge in [-0.25, -0.2) is 9.37 Å². The molecule has 1 aromatic carbocycles. The zero-order valence-electron chi connectivity index (χ0n) is 14.7. The van der Waals surface area contributed by atoms with Crippen molar-refractivity contribution in [3.63, 3.8) is 0 Å². The topological polar surface area (TPSA) is 51.7 Å². The van der Waals surface area contributed by atoms with Crippen molar-refractivity contribution in [3.8, 4) is 5.88 Å². The van der Waals surface area contributed by atoms with E-state index in [-0.39, 0.29) is 23.3 Å². The van der Waals surface area contributed by atoms with E-state index in [1.54, 1.807) is 0 Å². The first-order valence-electron chi connectivity index (χ1n) is 8.81. The molecule has 1 amide bonds. The average Bonchev–Trinajstić information content (AvgIpc) is 3.03. The molecule has 2 aliphatic rings. The van der Waals surface area contributed by atoms with Gasteiger partial charge in [0.2, 0.25) is 5.88 Å². The standard InChI is InChI=1S/C20H21FN2O3/c1-14-5-2-3-6-16(14)19(24)23-12-20(13-23)15(8-10-26-20)11-25-18-17(21)7-4-9-22-18/h2-7,9,15H,8,10-13H2,1H3. The maximum atomic E-state index is 13.7. The number of aryl methyl sites for hydroxylation is 1. The SMILES string of the molecule is Cc1ccccc1C(=O)N1CC2(C1)OCCC2COc1ncccc1F. The number of amides is 1. The summed E-state index contributed by atoms with van der Waals surface area (Å²) < 4.78 is 25.2. The normalized spacial score (nSPS) is 20.8. The number of hydrogen-bond donors (Lipinski definition) is 0. The van der Waals surface area contributed by atoms with Crippen LogP contribution in [0.15, 0.2) is 42.6 Å². The summed E-state index contributed by atoms with van der Waals surface area (Å²) in [7, 11) is 0. The fourth-order valence-electron chi connectivity index (χ4n) is 3.75. The molecule has 1 unspecified atom stereocenters. The van der Waals surface area contributed by atoms with Crippen molar-refractivity contribution in [2.45, 2.75) is 18.9 Å². The van der Waals surface area contributed by atoms with Gasteiger partial charge in [0, 0.05) is 24.3 Å². The molecule has 1 aromatic heterocycles. The molecule has 4 rings (SSSR count). The lowest BCUT2D eigenvalue weighted by Gasteiger charge is -2.50. The highest BCUT2D eigenvalue weighted by molar-refractivity contribution is 5.96. The van der Waals surface area contributed by atoms with Gasteiger partial charge in [-0.1, -0.05) is 18.2 Å². The molecule has 0 aliphatic carbocycles. The van der Waals surface area contributed by atoms with Crippen LogP contribution in [-0.2, 0) is 4.74 Å². The summed E-state index contributed by atoms with van der Waals surface area (Å²) in [5.74, 6) is -0.309. The van der Waals surface area contributed by atoms with Crippen LogP contribution in [0.1, 0.15) is 22.3 Å². The lowest BCUT2D eigenvalue weighted by molar-refractivity contribution is -0.122. The maximum Gasteiger partial charge on any atom is 0.254 e.